The van der Waals surface area contributed by atoms with Gasteiger partial charge in [0.05, 0.1) is 5.52 Å². The van der Waals surface area contributed by atoms with E-state index in [0.717, 1.165) is 33.6 Å². The van der Waals surface area contributed by atoms with Crippen LogP contribution in [0.1, 0.15) is 32.6 Å². The molecule has 1 aliphatic carbocycles. The van der Waals surface area contributed by atoms with Gasteiger partial charge in [-0.1, -0.05) is 60.8 Å². The Morgan fingerprint density at radius 2 is 1.82 bits per heavy atom. The lowest BCUT2D eigenvalue weighted by Gasteiger charge is -2.30. The predicted molar refractivity (Wildman–Crippen MR) is 114 cm³/mol. The Morgan fingerprint density at radius 3 is 2.64 bits per heavy atom. The van der Waals surface area contributed by atoms with Crippen LogP contribution < -0.4 is 5.32 Å². The molecule has 2 atom stereocenters. The van der Waals surface area contributed by atoms with Gasteiger partial charge in [-0.05, 0) is 43.0 Å². The molecule has 1 N–H and O–H groups in total. The second kappa shape index (κ2) is 7.06. The molecule has 5 nitrogen and oxygen atoms in total. The first-order chi connectivity index (χ1) is 13.7. The molecule has 0 radical (unpaired) electrons. The molecule has 2 heterocycles. The summed E-state index contributed by atoms with van der Waals surface area (Å²) in [5, 5.41) is 14.3. The van der Waals surface area contributed by atoms with E-state index in [9.17, 15) is 0 Å². The number of aromatic nitrogens is 4. The van der Waals surface area contributed by atoms with Gasteiger partial charge in [0.1, 0.15) is 11.5 Å². The third-order valence-corrected chi connectivity index (χ3v) is 6.05. The van der Waals surface area contributed by atoms with E-state index in [1.807, 2.05) is 40.9 Å². The van der Waals surface area contributed by atoms with Gasteiger partial charge in [0, 0.05) is 22.0 Å². The van der Waals surface area contributed by atoms with Gasteiger partial charge in [0.15, 0.2) is 5.65 Å². The Labute approximate surface area is 168 Å². The molecule has 4 aromatic rings. The molecule has 0 aliphatic heterocycles. The smallest absolute Gasteiger partial charge is 0.186 e. The van der Waals surface area contributed by atoms with E-state index in [0.29, 0.717) is 17.0 Å². The van der Waals surface area contributed by atoms with Crippen molar-refractivity contribution in [2.45, 2.75) is 38.6 Å². The highest BCUT2D eigenvalue weighted by Crippen LogP contribution is 2.31. The van der Waals surface area contributed by atoms with Crippen molar-refractivity contribution in [2.75, 3.05) is 5.32 Å². The Morgan fingerprint density at radius 1 is 1.04 bits per heavy atom. The average molecular weight is 392 g/mol. The topological polar surface area (TPSA) is 55.1 Å². The quantitative estimate of drug-likeness (QED) is 0.494. The Bertz CT molecular complexity index is 1140. The first kappa shape index (κ1) is 17.4. The van der Waals surface area contributed by atoms with Crippen LogP contribution >= 0.6 is 11.6 Å². The maximum absolute atomic E-state index is 6.05. The SMILES string of the molecule is C[C@@H]1CCCC[C@@H]1Nc1nc2c(-c3ccc(Cl)cc3)nnn2c2ccccc12. The number of hydrogen-bond donors (Lipinski definition) is 1. The van der Waals surface area contributed by atoms with Gasteiger partial charge in [-0.2, -0.15) is 4.52 Å². The van der Waals surface area contributed by atoms with Crippen molar-refractivity contribution in [2.24, 2.45) is 5.92 Å². The Kier molecular flexibility index (Phi) is 4.40. The van der Waals surface area contributed by atoms with Gasteiger partial charge in [0.2, 0.25) is 0 Å². The minimum Gasteiger partial charge on any atom is -0.366 e. The highest BCUT2D eigenvalue weighted by molar-refractivity contribution is 6.30. The molecule has 1 aliphatic rings. The summed E-state index contributed by atoms with van der Waals surface area (Å²) in [6, 6.07) is 16.3. The maximum Gasteiger partial charge on any atom is 0.186 e. The molecule has 2 aromatic carbocycles. The van der Waals surface area contributed by atoms with Crippen LogP contribution in [0.25, 0.3) is 27.8 Å². The van der Waals surface area contributed by atoms with E-state index in [2.05, 4.69) is 34.7 Å². The summed E-state index contributed by atoms with van der Waals surface area (Å²) in [7, 11) is 0. The second-order valence-electron chi connectivity index (χ2n) is 7.67. The molecule has 1 saturated carbocycles. The highest BCUT2D eigenvalue weighted by Gasteiger charge is 2.23. The number of anilines is 1. The molecule has 0 bridgehead atoms. The minimum atomic E-state index is 0.446. The third-order valence-electron chi connectivity index (χ3n) is 5.80. The molecule has 2 aromatic heterocycles. The largest absolute Gasteiger partial charge is 0.366 e. The second-order valence-corrected chi connectivity index (χ2v) is 8.11. The molecule has 5 rings (SSSR count). The fraction of sp³-hybridized carbons (Fsp3) is 0.318. The number of benzene rings is 2. The summed E-state index contributed by atoms with van der Waals surface area (Å²) < 4.78 is 1.83. The maximum atomic E-state index is 6.05. The van der Waals surface area contributed by atoms with Crippen LogP contribution in [-0.2, 0) is 0 Å². The zero-order chi connectivity index (χ0) is 19.1. The van der Waals surface area contributed by atoms with Gasteiger partial charge in [0.25, 0.3) is 0 Å². The number of para-hydroxylation sites is 1. The number of fused-ring (bicyclic) bond motifs is 3. The summed E-state index contributed by atoms with van der Waals surface area (Å²) in [6.07, 6.45) is 5.04. The van der Waals surface area contributed by atoms with Crippen LogP contribution in [0.3, 0.4) is 0 Å². The summed E-state index contributed by atoms with van der Waals surface area (Å²) in [4.78, 5) is 4.98. The number of hydrogen-bond acceptors (Lipinski definition) is 4. The van der Waals surface area contributed by atoms with Crippen molar-refractivity contribution in [1.29, 1.82) is 0 Å². The van der Waals surface area contributed by atoms with E-state index < -0.39 is 0 Å². The van der Waals surface area contributed by atoms with Crippen LogP contribution in [0.4, 0.5) is 5.82 Å². The zero-order valence-electron chi connectivity index (χ0n) is 15.8. The molecule has 1 fully saturated rings. The summed E-state index contributed by atoms with van der Waals surface area (Å²) in [6.45, 7) is 2.33. The first-order valence-corrected chi connectivity index (χ1v) is 10.2. The van der Waals surface area contributed by atoms with Crippen molar-refractivity contribution in [3.63, 3.8) is 0 Å². The lowest BCUT2D eigenvalue weighted by atomic mass is 9.86. The average Bonchev–Trinajstić information content (AvgIpc) is 3.14. The van der Waals surface area contributed by atoms with E-state index in [1.165, 1.54) is 25.7 Å². The van der Waals surface area contributed by atoms with Gasteiger partial charge >= 0.3 is 0 Å². The molecular weight excluding hydrogens is 370 g/mol. The Balaban J connectivity index is 1.67. The van der Waals surface area contributed by atoms with E-state index in [4.69, 9.17) is 16.6 Å². The molecule has 142 valence electrons. The molecule has 0 saturated heterocycles. The predicted octanol–water partition coefficient (Wildman–Crippen LogP) is 5.59. The van der Waals surface area contributed by atoms with Crippen LogP contribution in [0.2, 0.25) is 5.02 Å². The highest BCUT2D eigenvalue weighted by atomic mass is 35.5. The Hall–Kier alpha value is -2.66. The summed E-state index contributed by atoms with van der Waals surface area (Å²) in [5.41, 5.74) is 3.49. The number of halogens is 1. The molecule has 0 spiro atoms. The van der Waals surface area contributed by atoms with Crippen LogP contribution in [0, 0.1) is 5.92 Å². The fourth-order valence-electron chi connectivity index (χ4n) is 4.18. The lowest BCUT2D eigenvalue weighted by molar-refractivity contribution is 0.349. The molecule has 0 unspecified atom stereocenters. The van der Waals surface area contributed by atoms with Crippen molar-refractivity contribution in [3.05, 3.63) is 53.6 Å². The summed E-state index contributed by atoms with van der Waals surface area (Å²) in [5.74, 6) is 1.56. The lowest BCUT2D eigenvalue weighted by Crippen LogP contribution is -2.30. The normalized spacial score (nSPS) is 19.9. The van der Waals surface area contributed by atoms with E-state index >= 15 is 0 Å². The monoisotopic (exact) mass is 391 g/mol. The molecular formula is C22H22ClN5. The van der Waals surface area contributed by atoms with E-state index in [-0.39, 0.29) is 0 Å². The number of nitrogens with one attached hydrogen (secondary N) is 1. The number of nitrogens with zero attached hydrogens (tertiary/aromatic N) is 4. The zero-order valence-corrected chi connectivity index (χ0v) is 16.5. The van der Waals surface area contributed by atoms with Gasteiger partial charge in [-0.25, -0.2) is 4.98 Å². The number of rotatable bonds is 3. The fourth-order valence-corrected chi connectivity index (χ4v) is 4.30. The standard InChI is InChI=1S/C22H22ClN5/c1-14-6-2-4-8-18(14)24-21-17-7-3-5-9-19(17)28-22(25-21)20(26-27-28)15-10-12-16(23)13-11-15/h3,5,7,9-14,18H,2,4,6,8H2,1H3,(H,24,25)/t14-,18+/m1/s1. The minimum absolute atomic E-state index is 0.446. The van der Waals surface area contributed by atoms with E-state index in [1.54, 1.807) is 0 Å². The van der Waals surface area contributed by atoms with Crippen molar-refractivity contribution < 1.29 is 0 Å². The van der Waals surface area contributed by atoms with Gasteiger partial charge in [-0.3, -0.25) is 0 Å². The van der Waals surface area contributed by atoms with Crippen LogP contribution in [0.15, 0.2) is 48.5 Å². The third kappa shape index (κ3) is 3.00. The summed E-state index contributed by atoms with van der Waals surface area (Å²) >= 11 is 6.05. The first-order valence-electron chi connectivity index (χ1n) is 9.87. The molecule has 28 heavy (non-hydrogen) atoms. The molecule has 6 heteroatoms. The van der Waals surface area contributed by atoms with Crippen molar-refractivity contribution in [1.82, 2.24) is 19.8 Å². The van der Waals surface area contributed by atoms with Gasteiger partial charge < -0.3 is 5.32 Å². The van der Waals surface area contributed by atoms with Crippen LogP contribution in [0.5, 0.6) is 0 Å². The van der Waals surface area contributed by atoms with Crippen molar-refractivity contribution >= 4 is 34.0 Å². The van der Waals surface area contributed by atoms with Crippen molar-refractivity contribution in [3.8, 4) is 11.3 Å². The molecule has 0 amide bonds. The van der Waals surface area contributed by atoms with Crippen LogP contribution in [-0.4, -0.2) is 25.9 Å². The van der Waals surface area contributed by atoms with Gasteiger partial charge in [-0.15, -0.1) is 5.10 Å².